The molecule has 28 valence electrons. The van der Waals surface area contributed by atoms with E-state index in [1.165, 1.54) is 0 Å². The minimum Gasteiger partial charge on any atom is -2.00 e. The van der Waals surface area contributed by atoms with E-state index in [4.69, 9.17) is 0 Å². The van der Waals surface area contributed by atoms with Gasteiger partial charge in [0.05, 0.1) is 0 Å². The van der Waals surface area contributed by atoms with Crippen molar-refractivity contribution < 1.29 is 0 Å². The minimum atomic E-state index is 0. The molecule has 0 unspecified atom stereocenters. The minimum absolute atomic E-state index is 0. The molecule has 0 saturated heterocycles. The van der Waals surface area contributed by atoms with E-state index in [1.807, 2.05) is 0 Å². The predicted octanol–water partition coefficient (Wildman–Crippen LogP) is -2.07. The molecule has 0 bridgehead atoms. The summed E-state index contributed by atoms with van der Waals surface area (Å²) in [5, 5.41) is 0. The average molecular weight is 252 g/mol. The zero-order valence-electron chi connectivity index (χ0n) is 2.38. The van der Waals surface area contributed by atoms with Gasteiger partial charge in [0.25, 0.3) is 0 Å². The van der Waals surface area contributed by atoms with Gasteiger partial charge in [-0.05, 0) is 0 Å². The quantitative estimate of drug-likeness (QED) is 0.434. The summed E-state index contributed by atoms with van der Waals surface area (Å²) in [6.07, 6.45) is 0. The number of rotatable bonds is 0. The second-order valence-electron chi connectivity index (χ2n) is 0. The molecule has 0 amide bonds. The molecule has 0 aliphatic rings. The van der Waals surface area contributed by atoms with E-state index >= 15 is 0 Å². The van der Waals surface area contributed by atoms with Crippen molar-refractivity contribution in [2.75, 3.05) is 0 Å². The Balaban J connectivity index is 0. The molecule has 7 heteroatoms. The first-order valence-corrected chi connectivity index (χ1v) is 0. The molecule has 0 aromatic carbocycles. The van der Waals surface area contributed by atoms with E-state index in [1.54, 1.807) is 0 Å². The SMILES string of the molecule is [Ga+3].[Ga+3].[LiH].[LiH].[S-2].[S-2].[S-2]. The van der Waals surface area contributed by atoms with Crippen molar-refractivity contribution in [2.45, 2.75) is 0 Å². The third-order valence-electron chi connectivity index (χ3n) is 0. The molecular formula is H2Ga2Li2S3. The summed E-state index contributed by atoms with van der Waals surface area (Å²) in [5.41, 5.74) is 0. The van der Waals surface area contributed by atoms with Crippen LogP contribution < -0.4 is 0 Å². The van der Waals surface area contributed by atoms with Crippen molar-refractivity contribution >= 4 is 118 Å². The fourth-order valence-corrected chi connectivity index (χ4v) is 0. The number of hydrogen-bond donors (Lipinski definition) is 0. The third kappa shape index (κ3) is 43.5. The summed E-state index contributed by atoms with van der Waals surface area (Å²) in [5.74, 6) is 0. The van der Waals surface area contributed by atoms with Gasteiger partial charge in [0.2, 0.25) is 0 Å². The first kappa shape index (κ1) is 77.0. The van der Waals surface area contributed by atoms with E-state index in [2.05, 4.69) is 0 Å². The van der Waals surface area contributed by atoms with Crippen LogP contribution in [0.2, 0.25) is 0 Å². The third-order valence-corrected chi connectivity index (χ3v) is 0. The van der Waals surface area contributed by atoms with Gasteiger partial charge in [-0.3, -0.25) is 0 Å². The molecule has 0 heterocycles. The van der Waals surface area contributed by atoms with Gasteiger partial charge in [0.1, 0.15) is 0 Å². The average Bonchev–Trinajstić information content (AvgIpc) is 0. The van der Waals surface area contributed by atoms with Crippen LogP contribution in [0.4, 0.5) is 0 Å². The molecule has 0 atom stereocenters. The molecule has 0 aromatic heterocycles. The van der Waals surface area contributed by atoms with Crippen LogP contribution >= 0.6 is 0 Å². The predicted molar refractivity (Wildman–Crippen MR) is 47.9 cm³/mol. The van der Waals surface area contributed by atoms with Crippen LogP contribution in [0.3, 0.4) is 0 Å². The van der Waals surface area contributed by atoms with E-state index in [-0.39, 0.29) is 118 Å². The van der Waals surface area contributed by atoms with Crippen LogP contribution in [0.5, 0.6) is 0 Å². The molecule has 7 heavy (non-hydrogen) atoms. The molecule has 0 aliphatic carbocycles. The van der Waals surface area contributed by atoms with Crippen molar-refractivity contribution in [1.82, 2.24) is 0 Å². The first-order valence-electron chi connectivity index (χ1n) is 0. The topological polar surface area (TPSA) is 0 Å². The van der Waals surface area contributed by atoms with Crippen LogP contribution in [0.25, 0.3) is 0 Å². The first-order chi connectivity index (χ1) is 0. The molecule has 0 aliphatic heterocycles. The Labute approximate surface area is 116 Å². The summed E-state index contributed by atoms with van der Waals surface area (Å²) >= 11 is 0. The molecule has 0 radical (unpaired) electrons. The Morgan fingerprint density at radius 1 is 0.429 bits per heavy atom. The van der Waals surface area contributed by atoms with Crippen LogP contribution in [-0.4, -0.2) is 77.3 Å². The molecule has 0 nitrogen and oxygen atoms in total. The molecule has 0 N–H and O–H groups in total. The second kappa shape index (κ2) is 55.8. The molecule has 0 saturated carbocycles. The zero-order valence-corrected chi connectivity index (χ0v) is 9.67. The van der Waals surface area contributed by atoms with Gasteiger partial charge in [-0.15, -0.1) is 0 Å². The van der Waals surface area contributed by atoms with Gasteiger partial charge in [0.15, 0.2) is 0 Å². The van der Waals surface area contributed by atoms with E-state index in [0.29, 0.717) is 0 Å². The van der Waals surface area contributed by atoms with Gasteiger partial charge < -0.3 is 40.5 Å². The van der Waals surface area contributed by atoms with Crippen LogP contribution in [0, 0.1) is 0 Å². The Bertz CT molecular complexity index is 10.9. The van der Waals surface area contributed by atoms with Crippen LogP contribution in [-0.2, 0) is 40.5 Å². The number of hydrogen-bond acceptors (Lipinski definition) is 0. The fraction of sp³-hybridized carbons (Fsp3) is 0. The Morgan fingerprint density at radius 3 is 0.429 bits per heavy atom. The Hall–Kier alpha value is 3.52. The van der Waals surface area contributed by atoms with Crippen LogP contribution in [0.1, 0.15) is 0 Å². The molecule has 0 rings (SSSR count). The maximum Gasteiger partial charge on any atom is -2.00 e. The van der Waals surface area contributed by atoms with E-state index in [9.17, 15) is 0 Å². The maximum atomic E-state index is 0. The summed E-state index contributed by atoms with van der Waals surface area (Å²) in [4.78, 5) is 0. The molecule has 0 spiro atoms. The van der Waals surface area contributed by atoms with Crippen molar-refractivity contribution in [1.29, 1.82) is 0 Å². The standard InChI is InChI=1S/2Ga.2Li.3S.2H/q2*+3;;;3*-2;;. The van der Waals surface area contributed by atoms with Crippen LogP contribution in [0.15, 0.2) is 0 Å². The second-order valence-corrected chi connectivity index (χ2v) is 0. The Kier molecular flexibility index (Phi) is 614. The van der Waals surface area contributed by atoms with E-state index < -0.39 is 0 Å². The van der Waals surface area contributed by atoms with E-state index in [0.717, 1.165) is 0 Å². The molecule has 0 aromatic rings. The molecule has 0 fully saturated rings. The monoisotopic (exact) mass is 250 g/mol. The smallest absolute Gasteiger partial charge is 2.00 e. The van der Waals surface area contributed by atoms with Gasteiger partial charge in [-0.1, -0.05) is 0 Å². The van der Waals surface area contributed by atoms with Crippen molar-refractivity contribution in [3.63, 3.8) is 0 Å². The molecular weight excluding hydrogens is 250 g/mol. The van der Waals surface area contributed by atoms with Gasteiger partial charge in [0, 0.05) is 0 Å². The normalized spacial score (nSPS) is 0. The summed E-state index contributed by atoms with van der Waals surface area (Å²) in [7, 11) is 0. The summed E-state index contributed by atoms with van der Waals surface area (Å²) < 4.78 is 0. The van der Waals surface area contributed by atoms with Gasteiger partial charge in [-0.25, -0.2) is 0 Å². The van der Waals surface area contributed by atoms with Gasteiger partial charge >= 0.3 is 77.3 Å². The van der Waals surface area contributed by atoms with Gasteiger partial charge in [-0.2, -0.15) is 0 Å². The van der Waals surface area contributed by atoms with Crippen molar-refractivity contribution in [3.8, 4) is 0 Å². The zero-order chi connectivity index (χ0) is 0. The van der Waals surface area contributed by atoms with Crippen molar-refractivity contribution in [3.05, 3.63) is 0 Å². The summed E-state index contributed by atoms with van der Waals surface area (Å²) in [6, 6.07) is 0. The largest absolute Gasteiger partial charge is 2.00 e. The fourth-order valence-electron chi connectivity index (χ4n) is 0. The maximum absolute atomic E-state index is 0. The Morgan fingerprint density at radius 2 is 0.429 bits per heavy atom. The summed E-state index contributed by atoms with van der Waals surface area (Å²) in [6.45, 7) is 0. The van der Waals surface area contributed by atoms with Crippen molar-refractivity contribution in [2.24, 2.45) is 0 Å².